The molecule has 1 heterocycles. The average Bonchev–Trinajstić information content (AvgIpc) is 3.19. The van der Waals surface area contributed by atoms with Crippen molar-refractivity contribution in [2.45, 2.75) is 12.8 Å². The molecule has 0 aliphatic heterocycles. The van der Waals surface area contributed by atoms with Gasteiger partial charge in [0, 0.05) is 11.9 Å². The minimum absolute atomic E-state index is 0.395. The number of hydrogen-bond acceptors (Lipinski definition) is 3. The fourth-order valence-electron chi connectivity index (χ4n) is 2.00. The van der Waals surface area contributed by atoms with Crippen LogP contribution in [0.25, 0.3) is 10.9 Å². The highest BCUT2D eigenvalue weighted by molar-refractivity contribution is 7.80. The van der Waals surface area contributed by atoms with Crippen molar-refractivity contribution in [3.8, 4) is 0 Å². The lowest BCUT2D eigenvalue weighted by Crippen LogP contribution is -2.15. The summed E-state index contributed by atoms with van der Waals surface area (Å²) in [6.45, 7) is 0.959. The van der Waals surface area contributed by atoms with Gasteiger partial charge in [-0.3, -0.25) is 0 Å². The highest BCUT2D eigenvalue weighted by atomic mass is 32.1. The van der Waals surface area contributed by atoms with E-state index < -0.39 is 0 Å². The van der Waals surface area contributed by atoms with Crippen LogP contribution in [0.2, 0.25) is 0 Å². The van der Waals surface area contributed by atoms with Gasteiger partial charge in [-0.05, 0) is 30.9 Å². The third-order valence-electron chi connectivity index (χ3n) is 3.24. The molecule has 0 spiro atoms. The Morgan fingerprint density at radius 3 is 2.89 bits per heavy atom. The Morgan fingerprint density at radius 1 is 1.39 bits per heavy atom. The van der Waals surface area contributed by atoms with E-state index in [0.717, 1.165) is 34.7 Å². The van der Waals surface area contributed by atoms with Gasteiger partial charge in [0.1, 0.15) is 10.8 Å². The van der Waals surface area contributed by atoms with Crippen LogP contribution >= 0.6 is 12.2 Å². The Balaban J connectivity index is 2.01. The normalized spacial score (nSPS) is 14.7. The lowest BCUT2D eigenvalue weighted by atomic mass is 10.1. The highest BCUT2D eigenvalue weighted by Crippen LogP contribution is 2.29. The minimum Gasteiger partial charge on any atom is -0.389 e. The number of nitrogens with two attached hydrogens (primary N) is 1. The van der Waals surface area contributed by atoms with Crippen LogP contribution in [-0.4, -0.2) is 16.5 Å². The maximum Gasteiger partial charge on any atom is 0.136 e. The second-order valence-electron chi connectivity index (χ2n) is 4.77. The van der Waals surface area contributed by atoms with E-state index in [2.05, 4.69) is 10.3 Å². The van der Waals surface area contributed by atoms with Crippen molar-refractivity contribution in [3.63, 3.8) is 0 Å². The summed E-state index contributed by atoms with van der Waals surface area (Å²) in [5.74, 6) is 1.60. The third kappa shape index (κ3) is 2.29. The lowest BCUT2D eigenvalue weighted by Gasteiger charge is -2.11. The molecule has 1 aliphatic carbocycles. The Labute approximate surface area is 111 Å². The molecule has 0 saturated heterocycles. The molecule has 3 N–H and O–H groups in total. The van der Waals surface area contributed by atoms with E-state index in [4.69, 9.17) is 18.0 Å². The van der Waals surface area contributed by atoms with Crippen LogP contribution in [0, 0.1) is 5.92 Å². The molecule has 1 aromatic carbocycles. The molecule has 1 aliphatic rings. The fraction of sp³-hybridized carbons (Fsp3) is 0.286. The number of nitrogens with zero attached hydrogens (tertiary/aromatic N) is 1. The molecular weight excluding hydrogens is 242 g/mol. The summed E-state index contributed by atoms with van der Waals surface area (Å²) in [7, 11) is 0. The summed E-state index contributed by atoms with van der Waals surface area (Å²) < 4.78 is 0. The molecule has 1 fully saturated rings. The standard InChI is InChI=1S/C14H15N3S/c15-13(18)11-7-10-3-1-2-4-12(10)17-14(11)16-8-9-5-6-9/h1-4,7,9H,5-6,8H2,(H2,15,18)(H,16,17). The highest BCUT2D eigenvalue weighted by Gasteiger charge is 2.21. The number of hydrogen-bond donors (Lipinski definition) is 2. The molecule has 4 heteroatoms. The summed E-state index contributed by atoms with van der Waals surface area (Å²) in [6.07, 6.45) is 2.62. The first-order chi connectivity index (χ1) is 8.74. The molecule has 2 aromatic rings. The number of nitrogens with one attached hydrogen (secondary N) is 1. The number of para-hydroxylation sites is 1. The summed E-state index contributed by atoms with van der Waals surface area (Å²) in [6, 6.07) is 10.0. The first kappa shape index (κ1) is 11.4. The van der Waals surface area contributed by atoms with E-state index in [9.17, 15) is 0 Å². The van der Waals surface area contributed by atoms with Gasteiger partial charge in [0.2, 0.25) is 0 Å². The molecule has 1 saturated carbocycles. The zero-order chi connectivity index (χ0) is 12.5. The minimum atomic E-state index is 0.395. The van der Waals surface area contributed by atoms with E-state index in [0.29, 0.717) is 4.99 Å². The van der Waals surface area contributed by atoms with Gasteiger partial charge in [-0.15, -0.1) is 0 Å². The second kappa shape index (κ2) is 4.53. The van der Waals surface area contributed by atoms with Crippen molar-refractivity contribution in [1.29, 1.82) is 0 Å². The van der Waals surface area contributed by atoms with E-state index in [1.807, 2.05) is 30.3 Å². The molecule has 3 rings (SSSR count). The first-order valence-electron chi connectivity index (χ1n) is 6.17. The van der Waals surface area contributed by atoms with Crippen molar-refractivity contribution >= 4 is 33.9 Å². The molecule has 0 unspecified atom stereocenters. The number of thiocarbonyl (C=S) groups is 1. The van der Waals surface area contributed by atoms with Crippen LogP contribution in [0.5, 0.6) is 0 Å². The van der Waals surface area contributed by atoms with E-state index in [1.54, 1.807) is 0 Å². The Hall–Kier alpha value is -1.68. The lowest BCUT2D eigenvalue weighted by molar-refractivity contribution is 0.884. The van der Waals surface area contributed by atoms with Crippen LogP contribution < -0.4 is 11.1 Å². The number of rotatable bonds is 4. The number of fused-ring (bicyclic) bond motifs is 1. The average molecular weight is 257 g/mol. The molecule has 1 aromatic heterocycles. The largest absolute Gasteiger partial charge is 0.389 e. The fourth-order valence-corrected chi connectivity index (χ4v) is 2.16. The van der Waals surface area contributed by atoms with Gasteiger partial charge >= 0.3 is 0 Å². The van der Waals surface area contributed by atoms with Gasteiger partial charge in [0.15, 0.2) is 0 Å². The molecule has 0 amide bonds. The maximum absolute atomic E-state index is 5.78. The zero-order valence-corrected chi connectivity index (χ0v) is 10.8. The smallest absolute Gasteiger partial charge is 0.136 e. The summed E-state index contributed by atoms with van der Waals surface area (Å²) in [5, 5.41) is 4.44. The van der Waals surface area contributed by atoms with Gasteiger partial charge in [0.05, 0.1) is 11.1 Å². The first-order valence-corrected chi connectivity index (χ1v) is 6.58. The SMILES string of the molecule is NC(=S)c1cc2ccccc2nc1NCC1CC1. The zero-order valence-electron chi connectivity index (χ0n) is 10.0. The molecule has 3 nitrogen and oxygen atoms in total. The van der Waals surface area contributed by atoms with Gasteiger partial charge in [0.25, 0.3) is 0 Å². The second-order valence-corrected chi connectivity index (χ2v) is 5.21. The van der Waals surface area contributed by atoms with Gasteiger partial charge in [-0.25, -0.2) is 4.98 Å². The van der Waals surface area contributed by atoms with Crippen LogP contribution in [0.3, 0.4) is 0 Å². The van der Waals surface area contributed by atoms with Crippen molar-refractivity contribution in [2.24, 2.45) is 11.7 Å². The molecule has 18 heavy (non-hydrogen) atoms. The van der Waals surface area contributed by atoms with Crippen molar-refractivity contribution in [1.82, 2.24) is 4.98 Å². The molecule has 0 radical (unpaired) electrons. The van der Waals surface area contributed by atoms with Crippen molar-refractivity contribution in [2.75, 3.05) is 11.9 Å². The summed E-state index contributed by atoms with van der Waals surface area (Å²) in [5.41, 5.74) is 7.58. The van der Waals surface area contributed by atoms with Crippen molar-refractivity contribution < 1.29 is 0 Å². The summed E-state index contributed by atoms with van der Waals surface area (Å²) >= 11 is 5.11. The monoisotopic (exact) mass is 257 g/mol. The van der Waals surface area contributed by atoms with Crippen LogP contribution in [-0.2, 0) is 0 Å². The number of pyridine rings is 1. The van der Waals surface area contributed by atoms with E-state index in [-0.39, 0.29) is 0 Å². The van der Waals surface area contributed by atoms with E-state index >= 15 is 0 Å². The number of benzene rings is 1. The molecule has 92 valence electrons. The predicted molar refractivity (Wildman–Crippen MR) is 78.8 cm³/mol. The molecular formula is C14H15N3S. The Kier molecular flexibility index (Phi) is 2.88. The molecule has 0 bridgehead atoms. The predicted octanol–water partition coefficient (Wildman–Crippen LogP) is 2.69. The number of anilines is 1. The maximum atomic E-state index is 5.78. The van der Waals surface area contributed by atoms with Crippen molar-refractivity contribution in [3.05, 3.63) is 35.9 Å². The van der Waals surface area contributed by atoms with E-state index in [1.165, 1.54) is 12.8 Å². The van der Waals surface area contributed by atoms with Gasteiger partial charge in [-0.1, -0.05) is 30.4 Å². The van der Waals surface area contributed by atoms with Crippen LogP contribution in [0.15, 0.2) is 30.3 Å². The van der Waals surface area contributed by atoms with Crippen LogP contribution in [0.4, 0.5) is 5.82 Å². The molecule has 0 atom stereocenters. The third-order valence-corrected chi connectivity index (χ3v) is 3.46. The Morgan fingerprint density at radius 2 is 2.17 bits per heavy atom. The Bertz CT molecular complexity index is 605. The van der Waals surface area contributed by atoms with Crippen LogP contribution in [0.1, 0.15) is 18.4 Å². The van der Waals surface area contributed by atoms with Gasteiger partial charge in [-0.2, -0.15) is 0 Å². The quantitative estimate of drug-likeness (QED) is 0.827. The van der Waals surface area contributed by atoms with Gasteiger partial charge < -0.3 is 11.1 Å². The summed E-state index contributed by atoms with van der Waals surface area (Å²) in [4.78, 5) is 5.01. The topological polar surface area (TPSA) is 50.9 Å². The number of aromatic nitrogens is 1.